The van der Waals surface area contributed by atoms with Gasteiger partial charge in [-0.2, -0.15) is 0 Å². The van der Waals surface area contributed by atoms with Crippen LogP contribution in [0.25, 0.3) is 0 Å². The normalized spacial score (nSPS) is 12.9. The molecule has 0 rings (SSSR count). The predicted octanol–water partition coefficient (Wildman–Crippen LogP) is 3.18. The van der Waals surface area contributed by atoms with Gasteiger partial charge >= 0.3 is 0 Å². The largest absolute Gasteiger partial charge is 0.303 e. The van der Waals surface area contributed by atoms with E-state index in [1.807, 2.05) is 0 Å². The highest BCUT2D eigenvalue weighted by atomic mass is 16.1. The van der Waals surface area contributed by atoms with Gasteiger partial charge in [0.25, 0.3) is 0 Å². The summed E-state index contributed by atoms with van der Waals surface area (Å²) in [7, 11) is 0. The maximum Gasteiger partial charge on any atom is 0.123 e. The van der Waals surface area contributed by atoms with Crippen molar-refractivity contribution in [3.63, 3.8) is 0 Å². The van der Waals surface area contributed by atoms with Crippen LogP contribution in [0.5, 0.6) is 0 Å². The molecular formula is C10H20O. The Balaban J connectivity index is 3.14. The molecule has 0 aliphatic carbocycles. The predicted molar refractivity (Wildman–Crippen MR) is 48.6 cm³/mol. The third-order valence-corrected chi connectivity index (χ3v) is 2.15. The molecule has 0 aliphatic rings. The van der Waals surface area contributed by atoms with E-state index < -0.39 is 0 Å². The molecule has 0 aromatic heterocycles. The van der Waals surface area contributed by atoms with Crippen LogP contribution in [0.1, 0.15) is 52.4 Å². The van der Waals surface area contributed by atoms with E-state index in [1.54, 1.807) is 0 Å². The van der Waals surface area contributed by atoms with Crippen molar-refractivity contribution in [2.75, 3.05) is 0 Å². The molecule has 1 nitrogen and oxygen atoms in total. The summed E-state index contributed by atoms with van der Waals surface area (Å²) in [6, 6.07) is 0. The maximum absolute atomic E-state index is 10.4. The number of unbranched alkanes of at least 4 members (excludes halogenated alkanes) is 3. The summed E-state index contributed by atoms with van der Waals surface area (Å²) in [5.41, 5.74) is 0. The first-order valence-electron chi connectivity index (χ1n) is 4.80. The number of aldehydes is 1. The zero-order valence-electron chi connectivity index (χ0n) is 7.81. The third kappa shape index (κ3) is 6.08. The minimum absolute atomic E-state index is 0.326. The zero-order valence-corrected chi connectivity index (χ0v) is 7.81. The molecule has 0 fully saturated rings. The summed E-state index contributed by atoms with van der Waals surface area (Å²) in [6.07, 6.45) is 8.32. The third-order valence-electron chi connectivity index (χ3n) is 2.15. The Kier molecular flexibility index (Phi) is 7.54. The molecule has 0 heterocycles. The van der Waals surface area contributed by atoms with E-state index in [9.17, 15) is 4.79 Å². The van der Waals surface area contributed by atoms with Crippen molar-refractivity contribution < 1.29 is 4.79 Å². The van der Waals surface area contributed by atoms with Crippen molar-refractivity contribution in [1.82, 2.24) is 0 Å². The molecule has 0 saturated heterocycles. The lowest BCUT2D eigenvalue weighted by Gasteiger charge is -2.05. The SMILES string of the molecule is CCCCCCC(C=O)CC. The van der Waals surface area contributed by atoms with Crippen LogP contribution in [0, 0.1) is 5.92 Å². The Morgan fingerprint density at radius 1 is 1.18 bits per heavy atom. The van der Waals surface area contributed by atoms with Crippen LogP contribution in [-0.2, 0) is 4.79 Å². The number of hydrogen-bond acceptors (Lipinski definition) is 1. The van der Waals surface area contributed by atoms with Gasteiger partial charge in [-0.15, -0.1) is 0 Å². The number of carbonyl (C=O) groups excluding carboxylic acids is 1. The molecule has 0 saturated carbocycles. The molecule has 1 heteroatoms. The van der Waals surface area contributed by atoms with Crippen molar-refractivity contribution in [2.24, 2.45) is 5.92 Å². The van der Waals surface area contributed by atoms with Gasteiger partial charge in [-0.05, 0) is 12.8 Å². The summed E-state index contributed by atoms with van der Waals surface area (Å²) in [5.74, 6) is 0.326. The Bertz CT molecular complexity index is 88.9. The van der Waals surface area contributed by atoms with Crippen LogP contribution in [0.3, 0.4) is 0 Å². The summed E-state index contributed by atoms with van der Waals surface area (Å²) < 4.78 is 0. The molecule has 0 aliphatic heterocycles. The van der Waals surface area contributed by atoms with Gasteiger partial charge in [0.1, 0.15) is 6.29 Å². The lowest BCUT2D eigenvalue weighted by Crippen LogP contribution is -1.99. The molecule has 1 unspecified atom stereocenters. The first-order chi connectivity index (χ1) is 5.35. The molecule has 0 spiro atoms. The zero-order chi connectivity index (χ0) is 8.53. The highest BCUT2D eigenvalue weighted by molar-refractivity contribution is 5.53. The second kappa shape index (κ2) is 7.77. The number of rotatable bonds is 7. The number of hydrogen-bond donors (Lipinski definition) is 0. The Morgan fingerprint density at radius 2 is 1.91 bits per heavy atom. The van der Waals surface area contributed by atoms with Crippen LogP contribution < -0.4 is 0 Å². The topological polar surface area (TPSA) is 17.1 Å². The highest BCUT2D eigenvalue weighted by Gasteiger charge is 2.02. The number of carbonyl (C=O) groups is 1. The van der Waals surface area contributed by atoms with Crippen LogP contribution >= 0.6 is 0 Å². The fourth-order valence-electron chi connectivity index (χ4n) is 1.20. The fourth-order valence-corrected chi connectivity index (χ4v) is 1.20. The highest BCUT2D eigenvalue weighted by Crippen LogP contribution is 2.11. The van der Waals surface area contributed by atoms with E-state index in [0.29, 0.717) is 5.92 Å². The molecule has 66 valence electrons. The van der Waals surface area contributed by atoms with Gasteiger partial charge in [0, 0.05) is 5.92 Å². The minimum Gasteiger partial charge on any atom is -0.303 e. The average molecular weight is 156 g/mol. The van der Waals surface area contributed by atoms with Crippen LogP contribution in [0.2, 0.25) is 0 Å². The standard InChI is InChI=1S/C10H20O/c1-3-5-6-7-8-10(4-2)9-11/h9-10H,3-8H2,1-2H3. The van der Waals surface area contributed by atoms with Gasteiger partial charge in [-0.3, -0.25) is 0 Å². The lowest BCUT2D eigenvalue weighted by molar-refractivity contribution is -0.111. The second-order valence-corrected chi connectivity index (χ2v) is 3.15. The van der Waals surface area contributed by atoms with Crippen molar-refractivity contribution in [2.45, 2.75) is 52.4 Å². The van der Waals surface area contributed by atoms with E-state index in [-0.39, 0.29) is 0 Å². The minimum atomic E-state index is 0.326. The summed E-state index contributed by atoms with van der Waals surface area (Å²) in [4.78, 5) is 10.4. The summed E-state index contributed by atoms with van der Waals surface area (Å²) >= 11 is 0. The molecule has 11 heavy (non-hydrogen) atoms. The first-order valence-corrected chi connectivity index (χ1v) is 4.80. The van der Waals surface area contributed by atoms with Gasteiger partial charge in [0.15, 0.2) is 0 Å². The summed E-state index contributed by atoms with van der Waals surface area (Å²) in [5, 5.41) is 0. The lowest BCUT2D eigenvalue weighted by atomic mass is 10.00. The quantitative estimate of drug-likeness (QED) is 0.408. The molecule has 0 aromatic carbocycles. The monoisotopic (exact) mass is 156 g/mol. The van der Waals surface area contributed by atoms with E-state index in [0.717, 1.165) is 19.1 Å². The molecule has 1 atom stereocenters. The van der Waals surface area contributed by atoms with Crippen LogP contribution in [0.15, 0.2) is 0 Å². The Hall–Kier alpha value is -0.330. The van der Waals surface area contributed by atoms with Crippen molar-refractivity contribution in [3.8, 4) is 0 Å². The molecular weight excluding hydrogens is 136 g/mol. The van der Waals surface area contributed by atoms with Crippen molar-refractivity contribution in [1.29, 1.82) is 0 Å². The van der Waals surface area contributed by atoms with E-state index >= 15 is 0 Å². The van der Waals surface area contributed by atoms with Crippen molar-refractivity contribution in [3.05, 3.63) is 0 Å². The van der Waals surface area contributed by atoms with Crippen LogP contribution in [0.4, 0.5) is 0 Å². The molecule has 0 amide bonds. The van der Waals surface area contributed by atoms with Gasteiger partial charge in [0.2, 0.25) is 0 Å². The Morgan fingerprint density at radius 3 is 2.36 bits per heavy atom. The fraction of sp³-hybridized carbons (Fsp3) is 0.900. The van der Waals surface area contributed by atoms with Gasteiger partial charge in [0.05, 0.1) is 0 Å². The smallest absolute Gasteiger partial charge is 0.123 e. The first kappa shape index (κ1) is 10.7. The summed E-state index contributed by atoms with van der Waals surface area (Å²) in [6.45, 7) is 4.29. The van der Waals surface area contributed by atoms with Gasteiger partial charge < -0.3 is 4.79 Å². The maximum atomic E-state index is 10.4. The van der Waals surface area contributed by atoms with E-state index in [4.69, 9.17) is 0 Å². The van der Waals surface area contributed by atoms with Gasteiger partial charge in [-0.25, -0.2) is 0 Å². The van der Waals surface area contributed by atoms with Gasteiger partial charge in [-0.1, -0.05) is 39.5 Å². The van der Waals surface area contributed by atoms with E-state index in [2.05, 4.69) is 13.8 Å². The molecule has 0 bridgehead atoms. The van der Waals surface area contributed by atoms with E-state index in [1.165, 1.54) is 25.7 Å². The Labute approximate surface area is 70.2 Å². The second-order valence-electron chi connectivity index (χ2n) is 3.15. The molecule has 0 radical (unpaired) electrons. The van der Waals surface area contributed by atoms with Crippen molar-refractivity contribution >= 4 is 6.29 Å². The molecule has 0 aromatic rings. The van der Waals surface area contributed by atoms with Crippen LogP contribution in [-0.4, -0.2) is 6.29 Å². The average Bonchev–Trinajstić information content (AvgIpc) is 2.05. The molecule has 0 N–H and O–H groups in total.